The monoisotopic (exact) mass is 402 g/mol. The van der Waals surface area contributed by atoms with E-state index in [1.165, 1.54) is 10.1 Å². The molecule has 0 amide bonds. The van der Waals surface area contributed by atoms with Crippen LogP contribution >= 0.6 is 0 Å². The first-order valence-corrected chi connectivity index (χ1v) is 9.71. The van der Waals surface area contributed by atoms with Crippen molar-refractivity contribution >= 4 is 23.3 Å². The number of imidazole rings is 1. The van der Waals surface area contributed by atoms with Crippen LogP contribution in [0.4, 0.5) is 5.95 Å². The van der Waals surface area contributed by atoms with E-state index in [0.717, 1.165) is 18.4 Å². The van der Waals surface area contributed by atoms with E-state index in [4.69, 9.17) is 0 Å². The SMILES string of the molecule is Cn1c(=O)[nH]c(=O)c2c1nc(N/N=C/c1ccccc1)n2CCCc1ccccc1. The van der Waals surface area contributed by atoms with Crippen molar-refractivity contribution in [3.63, 3.8) is 0 Å². The van der Waals surface area contributed by atoms with E-state index in [1.807, 2.05) is 48.5 Å². The summed E-state index contributed by atoms with van der Waals surface area (Å²) < 4.78 is 3.11. The van der Waals surface area contributed by atoms with Gasteiger partial charge in [-0.05, 0) is 24.0 Å². The van der Waals surface area contributed by atoms with E-state index in [0.29, 0.717) is 23.7 Å². The van der Waals surface area contributed by atoms with Crippen LogP contribution in [0.2, 0.25) is 0 Å². The molecule has 0 bridgehead atoms. The smallest absolute Gasteiger partial charge is 0.303 e. The highest BCUT2D eigenvalue weighted by Gasteiger charge is 2.16. The molecule has 0 aliphatic carbocycles. The first-order valence-electron chi connectivity index (χ1n) is 9.71. The maximum Gasteiger partial charge on any atom is 0.329 e. The number of aromatic amines is 1. The van der Waals surface area contributed by atoms with Gasteiger partial charge in [0.1, 0.15) is 0 Å². The normalized spacial score (nSPS) is 11.4. The number of rotatable bonds is 7. The fraction of sp³-hybridized carbons (Fsp3) is 0.182. The number of anilines is 1. The van der Waals surface area contributed by atoms with Crippen LogP contribution in [-0.2, 0) is 20.0 Å². The average molecular weight is 402 g/mol. The molecule has 0 saturated carbocycles. The molecular formula is C22H22N6O2. The highest BCUT2D eigenvalue weighted by atomic mass is 16.2. The van der Waals surface area contributed by atoms with Crippen LogP contribution in [-0.4, -0.2) is 25.3 Å². The highest BCUT2D eigenvalue weighted by molar-refractivity contribution is 5.80. The molecule has 30 heavy (non-hydrogen) atoms. The topological polar surface area (TPSA) is 97.1 Å². The second-order valence-corrected chi connectivity index (χ2v) is 6.95. The van der Waals surface area contributed by atoms with Crippen molar-refractivity contribution in [2.75, 3.05) is 5.43 Å². The summed E-state index contributed by atoms with van der Waals surface area (Å²) >= 11 is 0. The molecule has 2 aromatic carbocycles. The number of hydrogen-bond donors (Lipinski definition) is 2. The standard InChI is InChI=1S/C22H22N6O2/c1-27-19-18(20(29)25-22(27)30)28(14-8-13-16-9-4-2-5-10-16)21(24-19)26-23-15-17-11-6-3-7-12-17/h2-7,9-12,15H,8,13-14H2,1H3,(H,24,26)(H,25,29,30)/b23-15+. The molecule has 0 spiro atoms. The van der Waals surface area contributed by atoms with Crippen molar-refractivity contribution in [1.82, 2.24) is 19.1 Å². The van der Waals surface area contributed by atoms with Crippen molar-refractivity contribution in [2.24, 2.45) is 12.1 Å². The summed E-state index contributed by atoms with van der Waals surface area (Å²) in [4.78, 5) is 31.3. The van der Waals surface area contributed by atoms with E-state index >= 15 is 0 Å². The minimum atomic E-state index is -0.499. The van der Waals surface area contributed by atoms with Gasteiger partial charge in [0.05, 0.1) is 6.21 Å². The Kier molecular flexibility index (Phi) is 5.56. The molecule has 152 valence electrons. The minimum Gasteiger partial charge on any atom is -0.303 e. The van der Waals surface area contributed by atoms with Crippen LogP contribution in [0.25, 0.3) is 11.2 Å². The van der Waals surface area contributed by atoms with Crippen molar-refractivity contribution in [2.45, 2.75) is 19.4 Å². The molecule has 4 rings (SSSR count). The third-order valence-electron chi connectivity index (χ3n) is 4.87. The van der Waals surface area contributed by atoms with Gasteiger partial charge >= 0.3 is 5.69 Å². The number of aromatic nitrogens is 4. The van der Waals surface area contributed by atoms with Gasteiger partial charge in [0, 0.05) is 13.6 Å². The third kappa shape index (κ3) is 4.07. The number of H-pyrrole nitrogens is 1. The van der Waals surface area contributed by atoms with Crippen molar-refractivity contribution in [3.05, 3.63) is 92.6 Å². The third-order valence-corrected chi connectivity index (χ3v) is 4.87. The molecule has 2 heterocycles. The zero-order chi connectivity index (χ0) is 20.9. The number of fused-ring (bicyclic) bond motifs is 1. The molecule has 0 fully saturated rings. The molecule has 8 heteroatoms. The second kappa shape index (κ2) is 8.60. The van der Waals surface area contributed by atoms with Crippen LogP contribution in [0.3, 0.4) is 0 Å². The lowest BCUT2D eigenvalue weighted by Gasteiger charge is -2.08. The molecule has 2 N–H and O–H groups in total. The molecule has 2 aromatic heterocycles. The summed E-state index contributed by atoms with van der Waals surface area (Å²) in [5.74, 6) is 0.414. The van der Waals surface area contributed by atoms with Crippen molar-refractivity contribution in [1.29, 1.82) is 0 Å². The van der Waals surface area contributed by atoms with Gasteiger partial charge in [-0.25, -0.2) is 10.2 Å². The van der Waals surface area contributed by atoms with Gasteiger partial charge in [-0.15, -0.1) is 0 Å². The van der Waals surface area contributed by atoms with Crippen LogP contribution < -0.4 is 16.7 Å². The highest BCUT2D eigenvalue weighted by Crippen LogP contribution is 2.17. The van der Waals surface area contributed by atoms with E-state index < -0.39 is 11.2 Å². The predicted octanol–water partition coefficient (Wildman–Crippen LogP) is 2.50. The Morgan fingerprint density at radius 1 is 1.07 bits per heavy atom. The van der Waals surface area contributed by atoms with E-state index in [2.05, 4.69) is 32.6 Å². The van der Waals surface area contributed by atoms with Crippen LogP contribution in [0.1, 0.15) is 17.5 Å². The molecule has 0 atom stereocenters. The summed E-state index contributed by atoms with van der Waals surface area (Å²) in [6.45, 7) is 0.551. The quantitative estimate of drug-likeness (QED) is 0.367. The van der Waals surface area contributed by atoms with Gasteiger partial charge in [0.2, 0.25) is 5.95 Å². The van der Waals surface area contributed by atoms with Gasteiger partial charge in [-0.2, -0.15) is 10.1 Å². The summed E-state index contributed by atoms with van der Waals surface area (Å²) in [6, 6.07) is 19.8. The lowest BCUT2D eigenvalue weighted by atomic mass is 10.1. The number of nitrogens with zero attached hydrogens (tertiary/aromatic N) is 4. The van der Waals surface area contributed by atoms with Crippen LogP contribution in [0.15, 0.2) is 75.4 Å². The maximum atomic E-state index is 12.5. The zero-order valence-electron chi connectivity index (χ0n) is 16.6. The number of aryl methyl sites for hydroxylation is 3. The molecule has 0 saturated heterocycles. The molecule has 0 radical (unpaired) electrons. The lowest BCUT2D eigenvalue weighted by molar-refractivity contribution is 0.659. The number of hydrazone groups is 1. The van der Waals surface area contributed by atoms with E-state index in [-0.39, 0.29) is 0 Å². The molecule has 0 aliphatic rings. The van der Waals surface area contributed by atoms with Crippen molar-refractivity contribution < 1.29 is 0 Å². The molecule has 8 nitrogen and oxygen atoms in total. The lowest BCUT2D eigenvalue weighted by Crippen LogP contribution is -2.29. The number of nitrogens with one attached hydrogen (secondary N) is 2. The first kappa shape index (κ1) is 19.4. The Morgan fingerprint density at radius 3 is 2.50 bits per heavy atom. The fourth-order valence-electron chi connectivity index (χ4n) is 3.33. The largest absolute Gasteiger partial charge is 0.329 e. The Balaban J connectivity index is 1.65. The summed E-state index contributed by atoms with van der Waals surface area (Å²) in [7, 11) is 1.58. The van der Waals surface area contributed by atoms with E-state index in [1.54, 1.807) is 17.8 Å². The van der Waals surface area contributed by atoms with Gasteiger partial charge in [-0.1, -0.05) is 60.7 Å². The van der Waals surface area contributed by atoms with Gasteiger partial charge in [0.15, 0.2) is 11.2 Å². The zero-order valence-corrected chi connectivity index (χ0v) is 16.6. The van der Waals surface area contributed by atoms with Crippen molar-refractivity contribution in [3.8, 4) is 0 Å². The Bertz CT molecular complexity index is 1290. The minimum absolute atomic E-state index is 0.320. The Hall–Kier alpha value is -3.94. The van der Waals surface area contributed by atoms with Crippen LogP contribution in [0, 0.1) is 0 Å². The van der Waals surface area contributed by atoms with Gasteiger partial charge in [-0.3, -0.25) is 14.3 Å². The summed E-state index contributed by atoms with van der Waals surface area (Å²) in [5, 5.41) is 4.26. The van der Waals surface area contributed by atoms with Crippen LogP contribution in [0.5, 0.6) is 0 Å². The first-order chi connectivity index (χ1) is 14.6. The number of hydrogen-bond acceptors (Lipinski definition) is 5. The fourth-order valence-corrected chi connectivity index (χ4v) is 3.33. The van der Waals surface area contributed by atoms with E-state index in [9.17, 15) is 9.59 Å². The molecular weight excluding hydrogens is 380 g/mol. The summed E-state index contributed by atoms with van der Waals surface area (Å²) in [6.07, 6.45) is 3.34. The maximum absolute atomic E-state index is 12.5. The molecule has 0 unspecified atom stereocenters. The Morgan fingerprint density at radius 2 is 1.77 bits per heavy atom. The van der Waals surface area contributed by atoms with Gasteiger partial charge in [0.25, 0.3) is 5.56 Å². The molecule has 0 aliphatic heterocycles. The Labute approximate surface area is 172 Å². The van der Waals surface area contributed by atoms with Gasteiger partial charge < -0.3 is 4.57 Å². The predicted molar refractivity (Wildman–Crippen MR) is 118 cm³/mol. The molecule has 4 aromatic rings. The second-order valence-electron chi connectivity index (χ2n) is 6.95. The summed E-state index contributed by atoms with van der Waals surface area (Å²) in [5.41, 5.74) is 4.79. The average Bonchev–Trinajstić information content (AvgIpc) is 3.13. The number of benzene rings is 2.